The van der Waals surface area contributed by atoms with Crippen LogP contribution in [0.5, 0.6) is 0 Å². The van der Waals surface area contributed by atoms with Crippen LogP contribution in [0, 0.1) is 5.82 Å². The van der Waals surface area contributed by atoms with Gasteiger partial charge in [-0.3, -0.25) is 4.79 Å². The summed E-state index contributed by atoms with van der Waals surface area (Å²) in [5, 5.41) is 9.49. The molecule has 31 heavy (non-hydrogen) atoms. The van der Waals surface area contributed by atoms with Crippen molar-refractivity contribution in [3.63, 3.8) is 0 Å². The van der Waals surface area contributed by atoms with E-state index in [-0.39, 0.29) is 42.7 Å². The van der Waals surface area contributed by atoms with Gasteiger partial charge in [0.2, 0.25) is 15.9 Å². The van der Waals surface area contributed by atoms with E-state index in [4.69, 9.17) is 0 Å². The molecule has 2 saturated carbocycles. The second kappa shape index (κ2) is 8.18. The van der Waals surface area contributed by atoms with Crippen molar-refractivity contribution >= 4 is 27.7 Å². The van der Waals surface area contributed by atoms with Gasteiger partial charge < -0.3 is 9.47 Å². The first-order valence-corrected chi connectivity index (χ1v) is 13.0. The monoisotopic (exact) mass is 465 g/mol. The van der Waals surface area contributed by atoms with E-state index >= 15 is 0 Å². The molecule has 5 rings (SSSR count). The van der Waals surface area contributed by atoms with Crippen LogP contribution in [-0.4, -0.2) is 70.2 Å². The van der Waals surface area contributed by atoms with Crippen molar-refractivity contribution in [1.82, 2.24) is 24.0 Å². The Labute approximate surface area is 184 Å². The van der Waals surface area contributed by atoms with Gasteiger partial charge in [-0.05, 0) is 37.8 Å². The van der Waals surface area contributed by atoms with Crippen molar-refractivity contribution in [2.75, 3.05) is 31.9 Å². The van der Waals surface area contributed by atoms with Crippen LogP contribution < -0.4 is 0 Å². The van der Waals surface area contributed by atoms with Crippen molar-refractivity contribution in [2.45, 2.75) is 47.7 Å². The molecule has 166 valence electrons. The van der Waals surface area contributed by atoms with Gasteiger partial charge in [0.25, 0.3) is 0 Å². The Morgan fingerprint density at radius 3 is 2.42 bits per heavy atom. The predicted octanol–water partition coefficient (Wildman–Crippen LogP) is 2.25. The summed E-state index contributed by atoms with van der Waals surface area (Å²) in [5.41, 5.74) is 0. The number of halogens is 1. The lowest BCUT2D eigenvalue weighted by Gasteiger charge is -2.34. The summed E-state index contributed by atoms with van der Waals surface area (Å²) in [5.74, 6) is 1.01. The zero-order valence-electron chi connectivity index (χ0n) is 17.0. The fourth-order valence-corrected chi connectivity index (χ4v) is 6.27. The van der Waals surface area contributed by atoms with Crippen molar-refractivity contribution < 1.29 is 17.6 Å². The number of piperazine rings is 1. The fraction of sp³-hybridized carbons (Fsp3) is 0.550. The highest BCUT2D eigenvalue weighted by molar-refractivity contribution is 7.99. The van der Waals surface area contributed by atoms with Crippen LogP contribution in [-0.2, 0) is 14.8 Å². The van der Waals surface area contributed by atoms with Crippen molar-refractivity contribution in [2.24, 2.45) is 0 Å². The first kappa shape index (κ1) is 20.9. The molecule has 3 fully saturated rings. The number of nitrogens with zero attached hydrogens (tertiary/aromatic N) is 5. The van der Waals surface area contributed by atoms with Crippen LogP contribution in [0.25, 0.3) is 0 Å². The first-order valence-electron chi connectivity index (χ1n) is 10.5. The molecule has 1 amide bonds. The lowest BCUT2D eigenvalue weighted by atomic mass is 10.3. The molecule has 1 aromatic carbocycles. The molecular weight excluding hydrogens is 441 g/mol. The van der Waals surface area contributed by atoms with Gasteiger partial charge >= 0.3 is 0 Å². The van der Waals surface area contributed by atoms with Gasteiger partial charge in [0.1, 0.15) is 16.5 Å². The van der Waals surface area contributed by atoms with Gasteiger partial charge in [0.15, 0.2) is 5.16 Å². The zero-order valence-corrected chi connectivity index (χ0v) is 18.6. The average Bonchev–Trinajstić information content (AvgIpc) is 3.71. The Kier molecular flexibility index (Phi) is 5.51. The highest BCUT2D eigenvalue weighted by Gasteiger charge is 2.37. The lowest BCUT2D eigenvalue weighted by molar-refractivity contribution is -0.129. The first-order chi connectivity index (χ1) is 14.9. The molecule has 0 spiro atoms. The number of rotatable bonds is 7. The van der Waals surface area contributed by atoms with E-state index in [1.165, 1.54) is 34.3 Å². The van der Waals surface area contributed by atoms with Crippen LogP contribution >= 0.6 is 11.8 Å². The summed E-state index contributed by atoms with van der Waals surface area (Å²) >= 11 is 1.41. The molecule has 2 heterocycles. The summed E-state index contributed by atoms with van der Waals surface area (Å²) in [6.45, 7) is 0.875. The van der Waals surface area contributed by atoms with Gasteiger partial charge in [-0.1, -0.05) is 23.9 Å². The van der Waals surface area contributed by atoms with E-state index in [1.54, 1.807) is 4.90 Å². The van der Waals surface area contributed by atoms with Gasteiger partial charge in [-0.15, -0.1) is 10.2 Å². The van der Waals surface area contributed by atoms with E-state index in [0.29, 0.717) is 12.0 Å². The molecule has 1 aromatic heterocycles. The van der Waals surface area contributed by atoms with Crippen LogP contribution in [0.3, 0.4) is 0 Å². The molecular formula is C20H24FN5O3S2. The number of carbonyl (C=O) groups is 1. The van der Waals surface area contributed by atoms with Gasteiger partial charge in [-0.2, -0.15) is 4.31 Å². The molecule has 1 saturated heterocycles. The SMILES string of the molecule is O=C(CSc1nnc(C2CC2)n1C1CC1)N1CCN(S(=O)(=O)c2ccccc2F)CC1. The molecule has 0 radical (unpaired) electrons. The summed E-state index contributed by atoms with van der Waals surface area (Å²) in [7, 11) is -3.91. The summed E-state index contributed by atoms with van der Waals surface area (Å²) in [6, 6.07) is 5.83. The quantitative estimate of drug-likeness (QED) is 0.583. The third-order valence-electron chi connectivity index (χ3n) is 5.92. The van der Waals surface area contributed by atoms with Crippen molar-refractivity contribution in [3.05, 3.63) is 35.9 Å². The van der Waals surface area contributed by atoms with E-state index in [9.17, 15) is 17.6 Å². The molecule has 2 aliphatic carbocycles. The topological polar surface area (TPSA) is 88.4 Å². The maximum absolute atomic E-state index is 14.0. The van der Waals surface area contributed by atoms with Crippen LogP contribution in [0.1, 0.15) is 43.5 Å². The number of thioether (sulfide) groups is 1. The molecule has 0 unspecified atom stereocenters. The predicted molar refractivity (Wildman–Crippen MR) is 113 cm³/mol. The Bertz CT molecular complexity index is 1090. The molecule has 8 nitrogen and oxygen atoms in total. The van der Waals surface area contributed by atoms with E-state index in [2.05, 4.69) is 14.8 Å². The maximum atomic E-state index is 14.0. The second-order valence-corrected chi connectivity index (χ2v) is 11.1. The average molecular weight is 466 g/mol. The Balaban J connectivity index is 1.18. The largest absolute Gasteiger partial charge is 0.339 e. The number of hydrogen-bond acceptors (Lipinski definition) is 6. The summed E-state index contributed by atoms with van der Waals surface area (Å²) < 4.78 is 42.9. The number of amides is 1. The summed E-state index contributed by atoms with van der Waals surface area (Å²) in [4.78, 5) is 14.1. The lowest BCUT2D eigenvalue weighted by Crippen LogP contribution is -2.51. The van der Waals surface area contributed by atoms with Gasteiger partial charge in [0.05, 0.1) is 5.75 Å². The van der Waals surface area contributed by atoms with Crippen LogP contribution in [0.2, 0.25) is 0 Å². The third kappa shape index (κ3) is 4.22. The highest BCUT2D eigenvalue weighted by Crippen LogP contribution is 2.46. The highest BCUT2D eigenvalue weighted by atomic mass is 32.2. The molecule has 11 heteroatoms. The van der Waals surface area contributed by atoms with E-state index in [0.717, 1.165) is 42.7 Å². The van der Waals surface area contributed by atoms with E-state index < -0.39 is 15.8 Å². The number of hydrogen-bond donors (Lipinski definition) is 0. The minimum absolute atomic E-state index is 0.0498. The molecule has 1 aliphatic heterocycles. The summed E-state index contributed by atoms with van der Waals surface area (Å²) in [6.07, 6.45) is 4.60. The van der Waals surface area contributed by atoms with Gasteiger partial charge in [0, 0.05) is 38.1 Å². The Morgan fingerprint density at radius 2 is 1.77 bits per heavy atom. The molecule has 3 aliphatic rings. The standard InChI is InChI=1S/C20H24FN5O3S2/c21-16-3-1-2-4-17(16)31(28,29)25-11-9-24(10-12-25)18(27)13-30-20-23-22-19(14-5-6-14)26(20)15-7-8-15/h1-4,14-15H,5-13H2. The molecule has 0 N–H and O–H groups in total. The number of benzene rings is 1. The van der Waals surface area contributed by atoms with Crippen molar-refractivity contribution in [1.29, 1.82) is 0 Å². The minimum Gasteiger partial charge on any atom is -0.339 e. The smallest absolute Gasteiger partial charge is 0.246 e. The molecule has 0 atom stereocenters. The molecule has 0 bridgehead atoms. The zero-order chi connectivity index (χ0) is 21.6. The second-order valence-electron chi connectivity index (χ2n) is 8.22. The van der Waals surface area contributed by atoms with Gasteiger partial charge in [-0.25, -0.2) is 12.8 Å². The van der Waals surface area contributed by atoms with Crippen molar-refractivity contribution in [3.8, 4) is 0 Å². The third-order valence-corrected chi connectivity index (χ3v) is 8.78. The normalized spacial score (nSPS) is 20.2. The molecule has 2 aromatic rings. The van der Waals surface area contributed by atoms with Crippen LogP contribution in [0.4, 0.5) is 4.39 Å². The minimum atomic E-state index is -3.91. The van der Waals surface area contributed by atoms with Crippen LogP contribution in [0.15, 0.2) is 34.3 Å². The fourth-order valence-electron chi connectivity index (χ4n) is 3.87. The number of sulfonamides is 1. The van der Waals surface area contributed by atoms with E-state index in [1.807, 2.05) is 0 Å². The number of aromatic nitrogens is 3. The number of carbonyl (C=O) groups excluding carboxylic acids is 1. The Hall–Kier alpha value is -1.98. The maximum Gasteiger partial charge on any atom is 0.246 e. The Morgan fingerprint density at radius 1 is 1.06 bits per heavy atom.